The van der Waals surface area contributed by atoms with Gasteiger partial charge in [-0.1, -0.05) is 30.7 Å². The van der Waals surface area contributed by atoms with Crippen LogP contribution < -0.4 is 14.8 Å². The Morgan fingerprint density at radius 3 is 2.38 bits per heavy atom. The largest absolute Gasteiger partial charge is 0.496 e. The van der Waals surface area contributed by atoms with E-state index in [9.17, 15) is 4.79 Å². The van der Waals surface area contributed by atoms with Crippen LogP contribution in [0.4, 0.5) is 0 Å². The topological polar surface area (TPSA) is 47.6 Å². The summed E-state index contributed by atoms with van der Waals surface area (Å²) in [4.78, 5) is 12.8. The number of ether oxygens (including phenoxy) is 2. The van der Waals surface area contributed by atoms with Crippen LogP contribution in [0, 0.1) is 6.92 Å². The van der Waals surface area contributed by atoms with E-state index in [-0.39, 0.29) is 11.9 Å². The Balaban J connectivity index is 2.11. The smallest absolute Gasteiger partial charge is 0.264 e. The predicted molar refractivity (Wildman–Crippen MR) is 105 cm³/mol. The standard InChI is InChI=1S/C21H26ClNO3/c1-6-18(15-7-12-19(25-5)14(2)13-15)23-20(24)21(3,4)26-17-10-8-16(22)9-11-17/h7-13,18H,6H2,1-5H3,(H,23,24)/t18-/m1/s1. The molecule has 0 fully saturated rings. The molecule has 2 aromatic rings. The fourth-order valence-electron chi connectivity index (χ4n) is 2.72. The Morgan fingerprint density at radius 2 is 1.85 bits per heavy atom. The van der Waals surface area contributed by atoms with Crippen molar-refractivity contribution in [3.8, 4) is 11.5 Å². The molecular weight excluding hydrogens is 350 g/mol. The van der Waals surface area contributed by atoms with Crippen LogP contribution in [-0.4, -0.2) is 18.6 Å². The van der Waals surface area contributed by atoms with Gasteiger partial charge in [0.15, 0.2) is 5.60 Å². The molecule has 2 rings (SSSR count). The molecule has 0 aliphatic heterocycles. The monoisotopic (exact) mass is 375 g/mol. The van der Waals surface area contributed by atoms with Gasteiger partial charge in [-0.15, -0.1) is 0 Å². The van der Waals surface area contributed by atoms with Crippen molar-refractivity contribution in [2.75, 3.05) is 7.11 Å². The molecule has 0 heterocycles. The fourth-order valence-corrected chi connectivity index (χ4v) is 2.84. The number of carbonyl (C=O) groups excluding carboxylic acids is 1. The number of carbonyl (C=O) groups is 1. The molecule has 1 amide bonds. The highest BCUT2D eigenvalue weighted by Crippen LogP contribution is 2.26. The maximum absolute atomic E-state index is 12.8. The summed E-state index contributed by atoms with van der Waals surface area (Å²) in [6.07, 6.45) is 0.772. The molecule has 0 unspecified atom stereocenters. The van der Waals surface area contributed by atoms with Gasteiger partial charge in [-0.25, -0.2) is 0 Å². The van der Waals surface area contributed by atoms with Crippen molar-refractivity contribution in [1.82, 2.24) is 5.32 Å². The number of halogens is 1. The highest BCUT2D eigenvalue weighted by molar-refractivity contribution is 6.30. The molecule has 0 aliphatic rings. The second-order valence-corrected chi connectivity index (χ2v) is 7.17. The van der Waals surface area contributed by atoms with Gasteiger partial charge < -0.3 is 14.8 Å². The Bertz CT molecular complexity index is 756. The molecule has 0 aliphatic carbocycles. The minimum absolute atomic E-state index is 0.0970. The average molecular weight is 376 g/mol. The lowest BCUT2D eigenvalue weighted by Crippen LogP contribution is -2.47. The number of amides is 1. The van der Waals surface area contributed by atoms with Crippen LogP contribution in [0.3, 0.4) is 0 Å². The summed E-state index contributed by atoms with van der Waals surface area (Å²) in [7, 11) is 1.65. The highest BCUT2D eigenvalue weighted by atomic mass is 35.5. The van der Waals surface area contributed by atoms with Gasteiger partial charge in [-0.05, 0) is 68.7 Å². The summed E-state index contributed by atoms with van der Waals surface area (Å²) >= 11 is 5.89. The summed E-state index contributed by atoms with van der Waals surface area (Å²) in [6, 6.07) is 12.8. The third-order valence-corrected chi connectivity index (χ3v) is 4.52. The Kier molecular flexibility index (Phi) is 6.54. The molecule has 0 bridgehead atoms. The fraction of sp³-hybridized carbons (Fsp3) is 0.381. The van der Waals surface area contributed by atoms with E-state index in [1.165, 1.54) is 0 Å². The van der Waals surface area contributed by atoms with Crippen molar-refractivity contribution in [1.29, 1.82) is 0 Å². The third kappa shape index (κ3) is 4.92. The van der Waals surface area contributed by atoms with Gasteiger partial charge in [0.25, 0.3) is 5.91 Å². The average Bonchev–Trinajstić information content (AvgIpc) is 2.61. The Labute approximate surface area is 160 Å². The molecule has 1 atom stereocenters. The van der Waals surface area contributed by atoms with Gasteiger partial charge in [0.2, 0.25) is 0 Å². The van der Waals surface area contributed by atoms with Crippen LogP contribution in [0.15, 0.2) is 42.5 Å². The van der Waals surface area contributed by atoms with Crippen molar-refractivity contribution in [3.05, 3.63) is 58.6 Å². The molecule has 0 saturated carbocycles. The number of methoxy groups -OCH3 is 1. The molecule has 1 N–H and O–H groups in total. The lowest BCUT2D eigenvalue weighted by Gasteiger charge is -2.28. The van der Waals surface area contributed by atoms with Gasteiger partial charge in [-0.2, -0.15) is 0 Å². The van der Waals surface area contributed by atoms with E-state index >= 15 is 0 Å². The first-order valence-corrected chi connectivity index (χ1v) is 9.04. The second kappa shape index (κ2) is 8.45. The zero-order chi connectivity index (χ0) is 19.3. The van der Waals surface area contributed by atoms with Crippen molar-refractivity contribution in [2.24, 2.45) is 0 Å². The molecule has 0 radical (unpaired) electrons. The van der Waals surface area contributed by atoms with Gasteiger partial charge in [0, 0.05) is 5.02 Å². The number of aryl methyl sites for hydroxylation is 1. The van der Waals surface area contributed by atoms with Crippen molar-refractivity contribution >= 4 is 17.5 Å². The predicted octanol–water partition coefficient (Wildman–Crippen LogP) is 5.08. The first-order valence-electron chi connectivity index (χ1n) is 8.67. The minimum Gasteiger partial charge on any atom is -0.496 e. The molecule has 4 nitrogen and oxygen atoms in total. The lowest BCUT2D eigenvalue weighted by atomic mass is 10.00. The first-order chi connectivity index (χ1) is 12.3. The van der Waals surface area contributed by atoms with E-state index < -0.39 is 5.60 Å². The summed E-state index contributed by atoms with van der Waals surface area (Å²) in [5, 5.41) is 3.71. The molecule has 0 aromatic heterocycles. The highest BCUT2D eigenvalue weighted by Gasteiger charge is 2.31. The van der Waals surface area contributed by atoms with Gasteiger partial charge in [0.1, 0.15) is 11.5 Å². The maximum Gasteiger partial charge on any atom is 0.264 e. The van der Waals surface area contributed by atoms with E-state index in [1.54, 1.807) is 45.2 Å². The van der Waals surface area contributed by atoms with Gasteiger partial charge >= 0.3 is 0 Å². The summed E-state index contributed by atoms with van der Waals surface area (Å²) in [5.41, 5.74) is 1.07. The molecule has 0 saturated heterocycles. The van der Waals surface area contributed by atoms with Crippen LogP contribution in [0.1, 0.15) is 44.4 Å². The van der Waals surface area contributed by atoms with E-state index in [2.05, 4.69) is 5.32 Å². The maximum atomic E-state index is 12.8. The van der Waals surface area contributed by atoms with Gasteiger partial charge in [-0.3, -0.25) is 4.79 Å². The minimum atomic E-state index is -1.01. The van der Waals surface area contributed by atoms with Gasteiger partial charge in [0.05, 0.1) is 13.2 Å². The lowest BCUT2D eigenvalue weighted by molar-refractivity contribution is -0.135. The van der Waals surface area contributed by atoms with Crippen molar-refractivity contribution < 1.29 is 14.3 Å². The van der Waals surface area contributed by atoms with Crippen LogP contribution in [0.5, 0.6) is 11.5 Å². The normalized spacial score (nSPS) is 12.4. The molecule has 26 heavy (non-hydrogen) atoms. The van der Waals surface area contributed by atoms with Crippen molar-refractivity contribution in [2.45, 2.75) is 45.8 Å². The number of benzene rings is 2. The molecule has 5 heteroatoms. The number of rotatable bonds is 7. The van der Waals surface area contributed by atoms with Crippen LogP contribution in [-0.2, 0) is 4.79 Å². The van der Waals surface area contributed by atoms with Crippen LogP contribution >= 0.6 is 11.6 Å². The zero-order valence-corrected chi connectivity index (χ0v) is 16.7. The number of nitrogens with one attached hydrogen (secondary N) is 1. The van der Waals surface area contributed by atoms with E-state index in [1.807, 2.05) is 32.0 Å². The second-order valence-electron chi connectivity index (χ2n) is 6.73. The summed E-state index contributed by atoms with van der Waals surface area (Å²) in [6.45, 7) is 7.54. The molecule has 0 spiro atoms. The first kappa shape index (κ1) is 20.1. The number of hydrogen-bond acceptors (Lipinski definition) is 3. The van der Waals surface area contributed by atoms with E-state index in [4.69, 9.17) is 21.1 Å². The third-order valence-electron chi connectivity index (χ3n) is 4.27. The molecule has 2 aromatic carbocycles. The summed E-state index contributed by atoms with van der Waals surface area (Å²) < 4.78 is 11.2. The van der Waals surface area contributed by atoms with Crippen molar-refractivity contribution in [3.63, 3.8) is 0 Å². The van der Waals surface area contributed by atoms with Crippen LogP contribution in [0.25, 0.3) is 0 Å². The zero-order valence-electron chi connectivity index (χ0n) is 15.9. The Morgan fingerprint density at radius 1 is 1.19 bits per heavy atom. The quantitative estimate of drug-likeness (QED) is 0.733. The molecular formula is C21H26ClNO3. The Hall–Kier alpha value is -2.20. The van der Waals surface area contributed by atoms with E-state index in [0.717, 1.165) is 23.3 Å². The summed E-state index contributed by atoms with van der Waals surface area (Å²) in [5.74, 6) is 1.26. The SMILES string of the molecule is CC[C@@H](NC(=O)C(C)(C)Oc1ccc(Cl)cc1)c1ccc(OC)c(C)c1. The van der Waals surface area contributed by atoms with E-state index in [0.29, 0.717) is 10.8 Å². The molecule has 140 valence electrons. The number of hydrogen-bond donors (Lipinski definition) is 1. The van der Waals surface area contributed by atoms with Crippen LogP contribution in [0.2, 0.25) is 5.02 Å².